The maximum Gasteiger partial charge on any atom is 0.339 e. The second-order valence-corrected chi connectivity index (χ2v) is 9.47. The van der Waals surface area contributed by atoms with E-state index in [0.29, 0.717) is 33.7 Å². The number of hydrogen-bond donors (Lipinski definition) is 1. The first kappa shape index (κ1) is 22.4. The Hall–Kier alpha value is -2.83. The fourth-order valence-electron chi connectivity index (χ4n) is 4.21. The average Bonchev–Trinajstić information content (AvgIpc) is 2.73. The van der Waals surface area contributed by atoms with E-state index < -0.39 is 17.7 Å². The number of carboxylic acid groups (broad SMARTS) is 1. The molecule has 1 aliphatic rings. The highest BCUT2D eigenvalue weighted by atomic mass is 35.5. The molecule has 7 heteroatoms. The number of rotatable bonds is 4. The summed E-state index contributed by atoms with van der Waals surface area (Å²) in [6.07, 6.45) is 0.447. The molecule has 1 atom stereocenters. The van der Waals surface area contributed by atoms with Gasteiger partial charge >= 0.3 is 5.97 Å². The molecule has 0 amide bonds. The third-order valence-electron chi connectivity index (χ3n) is 5.54. The van der Waals surface area contributed by atoms with E-state index in [1.165, 1.54) is 4.57 Å². The van der Waals surface area contributed by atoms with Crippen LogP contribution in [0, 0.1) is 0 Å². The number of pyridine rings is 1. The third kappa shape index (κ3) is 4.12. The van der Waals surface area contributed by atoms with Crippen molar-refractivity contribution in [3.05, 3.63) is 63.0 Å². The van der Waals surface area contributed by atoms with Crippen molar-refractivity contribution in [2.45, 2.75) is 45.3 Å². The fraction of sp³-hybridized carbons (Fsp3) is 0.360. The lowest BCUT2D eigenvalue weighted by Crippen LogP contribution is -2.33. The van der Waals surface area contributed by atoms with Crippen LogP contribution in [0.4, 0.5) is 0 Å². The SMILES string of the molecule is Cn1c(C(OC(C)(C)C)C(=O)O)c(-c2ccc3c(c2)CCCO3)c2ccc(Cl)cc2c1=O. The van der Waals surface area contributed by atoms with Crippen LogP contribution in [0.25, 0.3) is 21.9 Å². The van der Waals surface area contributed by atoms with Crippen molar-refractivity contribution in [2.75, 3.05) is 6.61 Å². The van der Waals surface area contributed by atoms with E-state index in [-0.39, 0.29) is 5.56 Å². The number of halogens is 1. The van der Waals surface area contributed by atoms with Crippen LogP contribution in [0.5, 0.6) is 5.75 Å². The third-order valence-corrected chi connectivity index (χ3v) is 5.78. The van der Waals surface area contributed by atoms with Gasteiger partial charge in [-0.2, -0.15) is 0 Å². The molecule has 1 unspecified atom stereocenters. The van der Waals surface area contributed by atoms with Gasteiger partial charge in [0.15, 0.2) is 6.10 Å². The van der Waals surface area contributed by atoms with E-state index in [1.807, 2.05) is 18.2 Å². The second kappa shape index (κ2) is 8.26. The number of nitrogens with zero attached hydrogens (tertiary/aromatic N) is 1. The van der Waals surface area contributed by atoms with Crippen LogP contribution < -0.4 is 10.3 Å². The molecule has 0 fully saturated rings. The van der Waals surface area contributed by atoms with Crippen LogP contribution in [-0.2, 0) is 23.0 Å². The van der Waals surface area contributed by atoms with Crippen molar-refractivity contribution in [3.8, 4) is 16.9 Å². The van der Waals surface area contributed by atoms with E-state index in [4.69, 9.17) is 21.1 Å². The summed E-state index contributed by atoms with van der Waals surface area (Å²) in [4.78, 5) is 25.6. The molecule has 1 aliphatic heterocycles. The summed E-state index contributed by atoms with van der Waals surface area (Å²) in [7, 11) is 1.57. The van der Waals surface area contributed by atoms with Gasteiger partial charge in [-0.15, -0.1) is 0 Å². The van der Waals surface area contributed by atoms with Crippen molar-refractivity contribution < 1.29 is 19.4 Å². The number of aromatic nitrogens is 1. The summed E-state index contributed by atoms with van der Waals surface area (Å²) in [5.41, 5.74) is 1.73. The van der Waals surface area contributed by atoms with Crippen molar-refractivity contribution in [2.24, 2.45) is 7.05 Å². The molecule has 1 N–H and O–H groups in total. The van der Waals surface area contributed by atoms with Gasteiger partial charge in [-0.1, -0.05) is 23.7 Å². The van der Waals surface area contributed by atoms with E-state index in [2.05, 4.69) is 0 Å². The molecule has 1 aromatic heterocycles. The Labute approximate surface area is 191 Å². The molecule has 0 radical (unpaired) electrons. The Balaban J connectivity index is 2.09. The lowest BCUT2D eigenvalue weighted by Gasteiger charge is -2.29. The summed E-state index contributed by atoms with van der Waals surface area (Å²) in [5, 5.41) is 11.6. The summed E-state index contributed by atoms with van der Waals surface area (Å²) in [5.74, 6) is -0.328. The van der Waals surface area contributed by atoms with E-state index in [9.17, 15) is 14.7 Å². The summed E-state index contributed by atoms with van der Waals surface area (Å²) in [6.45, 7) is 6.05. The maximum absolute atomic E-state index is 13.2. The minimum absolute atomic E-state index is 0.295. The first-order valence-electron chi connectivity index (χ1n) is 10.6. The van der Waals surface area contributed by atoms with E-state index in [1.54, 1.807) is 46.0 Å². The standard InChI is InChI=1S/C25H26ClNO5/c1-25(2,3)32-22(24(29)30)21-20(15-7-10-19-14(12-15)6-5-11-31-19)17-9-8-16(26)13-18(17)23(28)27(21)4/h7-10,12-13,22H,5-6,11H2,1-4H3,(H,29,30). The normalized spacial score (nSPS) is 14.7. The lowest BCUT2D eigenvalue weighted by molar-refractivity contribution is -0.161. The lowest BCUT2D eigenvalue weighted by atomic mass is 9.92. The van der Waals surface area contributed by atoms with Crippen LogP contribution in [0.1, 0.15) is 44.6 Å². The predicted octanol–water partition coefficient (Wildman–Crippen LogP) is 5.12. The van der Waals surface area contributed by atoms with Crippen molar-refractivity contribution in [1.82, 2.24) is 4.57 Å². The molecular weight excluding hydrogens is 430 g/mol. The molecule has 0 aliphatic carbocycles. The van der Waals surface area contributed by atoms with Crippen LogP contribution in [-0.4, -0.2) is 27.9 Å². The monoisotopic (exact) mass is 455 g/mol. The van der Waals surface area contributed by atoms with Gasteiger partial charge in [0.05, 0.1) is 17.9 Å². The van der Waals surface area contributed by atoms with Gasteiger partial charge in [0.25, 0.3) is 5.56 Å². The molecule has 0 saturated heterocycles. The second-order valence-electron chi connectivity index (χ2n) is 9.04. The van der Waals surface area contributed by atoms with Crippen LogP contribution in [0.2, 0.25) is 5.02 Å². The van der Waals surface area contributed by atoms with Gasteiger partial charge in [-0.3, -0.25) is 4.79 Å². The molecule has 2 aromatic carbocycles. The largest absolute Gasteiger partial charge is 0.493 e. The van der Waals surface area contributed by atoms with E-state index in [0.717, 1.165) is 29.7 Å². The average molecular weight is 456 g/mol. The molecule has 32 heavy (non-hydrogen) atoms. The highest BCUT2D eigenvalue weighted by Crippen LogP contribution is 2.39. The molecule has 4 rings (SSSR count). The van der Waals surface area contributed by atoms with Crippen molar-refractivity contribution in [1.29, 1.82) is 0 Å². The molecule has 3 aromatic rings. The first-order valence-corrected chi connectivity index (χ1v) is 10.9. The predicted molar refractivity (Wildman–Crippen MR) is 125 cm³/mol. The van der Waals surface area contributed by atoms with Gasteiger partial charge in [0, 0.05) is 23.0 Å². The number of benzene rings is 2. The van der Waals surface area contributed by atoms with Gasteiger partial charge in [0.2, 0.25) is 0 Å². The molecule has 2 heterocycles. The maximum atomic E-state index is 13.2. The molecule has 6 nitrogen and oxygen atoms in total. The summed E-state index contributed by atoms with van der Waals surface area (Å²) >= 11 is 6.19. The van der Waals surface area contributed by atoms with Crippen molar-refractivity contribution >= 4 is 28.3 Å². The van der Waals surface area contributed by atoms with Crippen molar-refractivity contribution in [3.63, 3.8) is 0 Å². The fourth-order valence-corrected chi connectivity index (χ4v) is 4.38. The Morgan fingerprint density at radius 1 is 1.19 bits per heavy atom. The minimum Gasteiger partial charge on any atom is -0.493 e. The Kier molecular flexibility index (Phi) is 5.77. The van der Waals surface area contributed by atoms with Crippen LogP contribution in [0.3, 0.4) is 0 Å². The molecule has 0 spiro atoms. The molecule has 0 saturated carbocycles. The molecular formula is C25H26ClNO5. The number of carbonyl (C=O) groups is 1. The summed E-state index contributed by atoms with van der Waals surface area (Å²) < 4.78 is 13.1. The number of aryl methyl sites for hydroxylation is 1. The quantitative estimate of drug-likeness (QED) is 0.590. The Bertz CT molecular complexity index is 1270. The zero-order chi connectivity index (χ0) is 23.2. The number of ether oxygens (including phenoxy) is 2. The highest BCUT2D eigenvalue weighted by molar-refractivity contribution is 6.31. The molecule has 0 bridgehead atoms. The smallest absolute Gasteiger partial charge is 0.339 e. The number of fused-ring (bicyclic) bond motifs is 2. The topological polar surface area (TPSA) is 77.8 Å². The first-order chi connectivity index (χ1) is 15.1. The van der Waals surface area contributed by atoms with Gasteiger partial charge in [-0.25, -0.2) is 4.79 Å². The summed E-state index contributed by atoms with van der Waals surface area (Å²) in [6, 6.07) is 10.9. The zero-order valence-corrected chi connectivity index (χ0v) is 19.3. The number of carboxylic acids is 1. The van der Waals surface area contributed by atoms with E-state index >= 15 is 0 Å². The number of aliphatic carboxylic acids is 1. The zero-order valence-electron chi connectivity index (χ0n) is 18.6. The Morgan fingerprint density at radius 3 is 2.62 bits per heavy atom. The molecule has 168 valence electrons. The Morgan fingerprint density at radius 2 is 1.94 bits per heavy atom. The minimum atomic E-state index is -1.34. The van der Waals surface area contributed by atoms with Gasteiger partial charge in [0.1, 0.15) is 5.75 Å². The van der Waals surface area contributed by atoms with Gasteiger partial charge in [-0.05, 0) is 74.4 Å². The van der Waals surface area contributed by atoms with Crippen LogP contribution in [0.15, 0.2) is 41.2 Å². The van der Waals surface area contributed by atoms with Gasteiger partial charge < -0.3 is 19.1 Å². The highest BCUT2D eigenvalue weighted by Gasteiger charge is 2.33. The number of hydrogen-bond acceptors (Lipinski definition) is 4. The van der Waals surface area contributed by atoms with Crippen LogP contribution >= 0.6 is 11.6 Å².